The number of carbonyl (C=O) groups excluding carboxylic acids is 2. The van der Waals surface area contributed by atoms with Gasteiger partial charge in [-0.3, -0.25) is 4.79 Å². The number of esters is 1. The van der Waals surface area contributed by atoms with Crippen molar-refractivity contribution >= 4 is 28.0 Å². The van der Waals surface area contributed by atoms with Crippen molar-refractivity contribution in [3.05, 3.63) is 35.9 Å². The predicted molar refractivity (Wildman–Crippen MR) is 107 cm³/mol. The summed E-state index contributed by atoms with van der Waals surface area (Å²) < 4.78 is 9.96. The van der Waals surface area contributed by atoms with Crippen molar-refractivity contribution in [2.45, 2.75) is 46.3 Å². The van der Waals surface area contributed by atoms with Gasteiger partial charge >= 0.3 is 12.1 Å². The number of hydrogen-bond donors (Lipinski definition) is 2. The van der Waals surface area contributed by atoms with E-state index in [-0.39, 0.29) is 17.4 Å². The molecule has 0 unspecified atom stereocenters. The van der Waals surface area contributed by atoms with Crippen LogP contribution in [0.4, 0.5) is 4.79 Å². The second kappa shape index (κ2) is 14.6. The molecule has 0 aliphatic heterocycles. The van der Waals surface area contributed by atoms with Crippen molar-refractivity contribution < 1.29 is 19.1 Å². The zero-order valence-corrected chi connectivity index (χ0v) is 17.7. The van der Waals surface area contributed by atoms with Crippen LogP contribution < -0.4 is 10.6 Å². The zero-order chi connectivity index (χ0) is 19.8. The third-order valence-electron chi connectivity index (χ3n) is 2.75. The smallest absolute Gasteiger partial charge is 0.407 e. The molecule has 0 saturated carbocycles. The minimum atomic E-state index is -0.416. The normalized spacial score (nSPS) is 10.3. The fourth-order valence-corrected chi connectivity index (χ4v) is 1.81. The summed E-state index contributed by atoms with van der Waals surface area (Å²) in [6.45, 7) is 10.4. The number of alkyl carbamates (subject to hydrolysis) is 1. The molecule has 1 rings (SSSR count). The van der Waals surface area contributed by atoms with Crippen molar-refractivity contribution in [3.8, 4) is 0 Å². The molecule has 0 aliphatic carbocycles. The average Bonchev–Trinajstić information content (AvgIpc) is 2.59. The molecule has 7 heteroatoms. The summed E-state index contributed by atoms with van der Waals surface area (Å²) in [6, 6.07) is 9.59. The van der Waals surface area contributed by atoms with Gasteiger partial charge in [-0.15, -0.1) is 0 Å². The summed E-state index contributed by atoms with van der Waals surface area (Å²) in [5.41, 5.74) is 0.591. The number of amides is 1. The molecule has 0 spiro atoms. The molecule has 1 aromatic carbocycles. The molecule has 1 amide bonds. The minimum absolute atomic E-state index is 0.237. The first-order valence-corrected chi connectivity index (χ1v) is 9.83. The Morgan fingerprint density at radius 2 is 1.73 bits per heavy atom. The van der Waals surface area contributed by atoms with E-state index in [2.05, 4.69) is 33.5 Å². The largest absolute Gasteiger partial charge is 0.460 e. The fourth-order valence-electron chi connectivity index (χ4n) is 1.65. The van der Waals surface area contributed by atoms with Gasteiger partial charge in [0.1, 0.15) is 17.5 Å². The van der Waals surface area contributed by atoms with Crippen LogP contribution in [0, 0.1) is 0 Å². The van der Waals surface area contributed by atoms with E-state index in [0.29, 0.717) is 13.2 Å². The topological polar surface area (TPSA) is 76.7 Å². The number of nitrogens with one attached hydrogen (secondary N) is 2. The van der Waals surface area contributed by atoms with Gasteiger partial charge in [0.15, 0.2) is 0 Å². The molecule has 2 N–H and O–H groups in total. The van der Waals surface area contributed by atoms with Crippen molar-refractivity contribution in [2.75, 3.05) is 25.0 Å². The van der Waals surface area contributed by atoms with Crippen LogP contribution in [0.25, 0.3) is 0 Å². The lowest BCUT2D eigenvalue weighted by atomic mass is 10.2. The van der Waals surface area contributed by atoms with Crippen molar-refractivity contribution in [1.82, 2.24) is 10.6 Å². The summed E-state index contributed by atoms with van der Waals surface area (Å²) in [7, 11) is 0. The van der Waals surface area contributed by atoms with Crippen LogP contribution in [-0.2, 0) is 20.9 Å². The maximum absolute atomic E-state index is 11.1. The SMILES string of the molecule is CCCNCCNC(=O)OC(C)(C)C.O=C(CBr)OCc1ccccc1. The Bertz CT molecular complexity index is 504. The van der Waals surface area contributed by atoms with Crippen LogP contribution in [-0.4, -0.2) is 42.6 Å². The lowest BCUT2D eigenvalue weighted by Gasteiger charge is -2.19. The molecule has 1 aromatic rings. The van der Waals surface area contributed by atoms with Crippen LogP contribution in [0.3, 0.4) is 0 Å². The number of carbonyl (C=O) groups is 2. The third-order valence-corrected chi connectivity index (χ3v) is 3.21. The van der Waals surface area contributed by atoms with Gasteiger partial charge < -0.3 is 20.1 Å². The first-order chi connectivity index (χ1) is 12.3. The minimum Gasteiger partial charge on any atom is -0.460 e. The van der Waals surface area contributed by atoms with Crippen molar-refractivity contribution in [1.29, 1.82) is 0 Å². The molecule has 0 aliphatic rings. The van der Waals surface area contributed by atoms with E-state index in [1.165, 1.54) is 0 Å². The average molecular weight is 431 g/mol. The van der Waals surface area contributed by atoms with Gasteiger partial charge in [0.05, 0.1) is 0 Å². The van der Waals surface area contributed by atoms with Gasteiger partial charge in [0.2, 0.25) is 0 Å². The van der Waals surface area contributed by atoms with E-state index in [4.69, 9.17) is 9.47 Å². The molecular formula is C19H31BrN2O4. The van der Waals surface area contributed by atoms with Crippen LogP contribution >= 0.6 is 15.9 Å². The molecule has 6 nitrogen and oxygen atoms in total. The number of rotatable bonds is 8. The van der Waals surface area contributed by atoms with E-state index in [1.807, 2.05) is 51.1 Å². The highest BCUT2D eigenvalue weighted by Crippen LogP contribution is 2.06. The monoisotopic (exact) mass is 430 g/mol. The van der Waals surface area contributed by atoms with E-state index >= 15 is 0 Å². The Morgan fingerprint density at radius 1 is 1.08 bits per heavy atom. The maximum Gasteiger partial charge on any atom is 0.407 e. The maximum atomic E-state index is 11.1. The Kier molecular flexibility index (Phi) is 13.7. The predicted octanol–water partition coefficient (Wildman–Crippen LogP) is 3.64. The molecular weight excluding hydrogens is 400 g/mol. The Morgan fingerprint density at radius 3 is 2.27 bits per heavy atom. The summed E-state index contributed by atoms with van der Waals surface area (Å²) >= 11 is 3.01. The lowest BCUT2D eigenvalue weighted by molar-refractivity contribution is -0.141. The second-order valence-electron chi connectivity index (χ2n) is 6.46. The summed E-state index contributed by atoms with van der Waals surface area (Å²) in [5, 5.41) is 6.11. The first-order valence-electron chi connectivity index (χ1n) is 8.71. The number of hydrogen-bond acceptors (Lipinski definition) is 5. The molecule has 148 valence electrons. The highest BCUT2D eigenvalue weighted by molar-refractivity contribution is 9.09. The van der Waals surface area contributed by atoms with Crippen LogP contribution in [0.2, 0.25) is 0 Å². The van der Waals surface area contributed by atoms with E-state index < -0.39 is 5.60 Å². The second-order valence-corrected chi connectivity index (χ2v) is 7.02. The van der Waals surface area contributed by atoms with Crippen LogP contribution in [0.15, 0.2) is 30.3 Å². The highest BCUT2D eigenvalue weighted by Gasteiger charge is 2.15. The molecule has 26 heavy (non-hydrogen) atoms. The van der Waals surface area contributed by atoms with Gasteiger partial charge in [-0.2, -0.15) is 0 Å². The molecule has 0 saturated heterocycles. The Balaban J connectivity index is 0.000000485. The van der Waals surface area contributed by atoms with E-state index in [1.54, 1.807) is 0 Å². The number of halogens is 1. The standard InChI is InChI=1S/C10H22N2O2.C9H9BrO2/c1-5-6-11-7-8-12-9(13)14-10(2,3)4;10-6-9(11)12-7-8-4-2-1-3-5-8/h11H,5-8H2,1-4H3,(H,12,13);1-5H,6-7H2. The van der Waals surface area contributed by atoms with Gasteiger partial charge in [-0.25, -0.2) is 4.79 Å². The molecule has 0 radical (unpaired) electrons. The van der Waals surface area contributed by atoms with Crippen molar-refractivity contribution in [2.24, 2.45) is 0 Å². The zero-order valence-electron chi connectivity index (χ0n) is 16.1. The van der Waals surface area contributed by atoms with Gasteiger partial charge in [0, 0.05) is 13.1 Å². The number of alkyl halides is 1. The Labute approximate surface area is 165 Å². The highest BCUT2D eigenvalue weighted by atomic mass is 79.9. The third kappa shape index (κ3) is 15.9. The Hall–Kier alpha value is -1.60. The fraction of sp³-hybridized carbons (Fsp3) is 0.579. The summed E-state index contributed by atoms with van der Waals surface area (Å²) in [4.78, 5) is 21.8. The van der Waals surface area contributed by atoms with Crippen LogP contribution in [0.1, 0.15) is 39.7 Å². The van der Waals surface area contributed by atoms with E-state index in [0.717, 1.165) is 25.1 Å². The molecule has 0 bridgehead atoms. The van der Waals surface area contributed by atoms with Crippen molar-refractivity contribution in [3.63, 3.8) is 0 Å². The molecule has 0 heterocycles. The van der Waals surface area contributed by atoms with Crippen LogP contribution in [0.5, 0.6) is 0 Å². The van der Waals surface area contributed by atoms with E-state index in [9.17, 15) is 9.59 Å². The van der Waals surface area contributed by atoms with Gasteiger partial charge in [-0.05, 0) is 39.3 Å². The number of benzene rings is 1. The number of ether oxygens (including phenoxy) is 2. The molecule has 0 aromatic heterocycles. The van der Waals surface area contributed by atoms with Gasteiger partial charge in [-0.1, -0.05) is 53.2 Å². The quantitative estimate of drug-likeness (QED) is 0.374. The summed E-state index contributed by atoms with van der Waals surface area (Å²) in [5.74, 6) is -0.237. The van der Waals surface area contributed by atoms with Gasteiger partial charge in [0.25, 0.3) is 0 Å². The molecule has 0 atom stereocenters. The first kappa shape index (κ1) is 24.4. The summed E-state index contributed by atoms with van der Waals surface area (Å²) in [6.07, 6.45) is 0.752. The molecule has 0 fully saturated rings. The lowest BCUT2D eigenvalue weighted by Crippen LogP contribution is -2.36.